The molecule has 0 atom stereocenters. The maximum absolute atomic E-state index is 13.1. The zero-order valence-corrected chi connectivity index (χ0v) is 16.9. The van der Waals surface area contributed by atoms with Crippen molar-refractivity contribution in [3.63, 3.8) is 0 Å². The van der Waals surface area contributed by atoms with E-state index in [-0.39, 0.29) is 11.4 Å². The summed E-state index contributed by atoms with van der Waals surface area (Å²) in [7, 11) is -3.83. The number of rotatable bonds is 4. The molecule has 0 saturated carbocycles. The number of anilines is 2. The molecule has 0 bridgehead atoms. The Morgan fingerprint density at radius 3 is 2.63 bits per heavy atom. The van der Waals surface area contributed by atoms with Crippen molar-refractivity contribution in [1.29, 1.82) is 0 Å². The minimum absolute atomic E-state index is 0.203. The third kappa shape index (κ3) is 2.90. The van der Waals surface area contributed by atoms with E-state index in [0.29, 0.717) is 27.5 Å². The van der Waals surface area contributed by atoms with Gasteiger partial charge in [0.15, 0.2) is 0 Å². The molecule has 0 fully saturated rings. The van der Waals surface area contributed by atoms with E-state index in [1.54, 1.807) is 42.5 Å². The minimum Gasteiger partial charge on any atom is -0.323 e. The van der Waals surface area contributed by atoms with Crippen LogP contribution in [0.3, 0.4) is 0 Å². The first-order valence-corrected chi connectivity index (χ1v) is 10.8. The van der Waals surface area contributed by atoms with Gasteiger partial charge in [-0.3, -0.25) is 9.10 Å². The third-order valence-electron chi connectivity index (χ3n) is 4.87. The second-order valence-electron chi connectivity index (χ2n) is 6.69. The lowest BCUT2D eigenvalue weighted by Crippen LogP contribution is -2.35. The van der Waals surface area contributed by atoms with Crippen molar-refractivity contribution < 1.29 is 13.2 Å². The first-order chi connectivity index (χ1) is 14.4. The van der Waals surface area contributed by atoms with Crippen molar-refractivity contribution in [2.75, 3.05) is 16.2 Å². The van der Waals surface area contributed by atoms with Crippen molar-refractivity contribution in [2.45, 2.75) is 4.90 Å². The number of halogens is 1. The zero-order chi connectivity index (χ0) is 20.9. The molecule has 1 amide bonds. The highest BCUT2D eigenvalue weighted by Gasteiger charge is 2.36. The number of nitrogens with zero attached hydrogens (tertiary/aromatic N) is 4. The van der Waals surface area contributed by atoms with Crippen LogP contribution in [-0.2, 0) is 14.8 Å². The lowest BCUT2D eigenvalue weighted by molar-refractivity contribution is -0.114. The second-order valence-corrected chi connectivity index (χ2v) is 8.96. The van der Waals surface area contributed by atoms with Gasteiger partial charge in [-0.2, -0.15) is 5.10 Å². The maximum Gasteiger partial charge on any atom is 0.265 e. The molecule has 1 aliphatic heterocycles. The molecule has 10 heteroatoms. The van der Waals surface area contributed by atoms with Gasteiger partial charge in [0.25, 0.3) is 10.0 Å². The average molecular weight is 440 g/mol. The van der Waals surface area contributed by atoms with Crippen molar-refractivity contribution in [1.82, 2.24) is 14.8 Å². The van der Waals surface area contributed by atoms with Crippen molar-refractivity contribution in [3.8, 4) is 5.69 Å². The predicted octanol–water partition coefficient (Wildman–Crippen LogP) is 3.22. The van der Waals surface area contributed by atoms with Crippen molar-refractivity contribution in [2.24, 2.45) is 0 Å². The highest BCUT2D eigenvalue weighted by molar-refractivity contribution is 7.93. The molecule has 150 valence electrons. The molecular formula is C20H14ClN5O3S. The van der Waals surface area contributed by atoms with Crippen LogP contribution in [0.25, 0.3) is 16.5 Å². The van der Waals surface area contributed by atoms with E-state index < -0.39 is 15.9 Å². The largest absolute Gasteiger partial charge is 0.323 e. The molecule has 0 aliphatic carbocycles. The van der Waals surface area contributed by atoms with Crippen LogP contribution in [0.15, 0.2) is 72.1 Å². The topological polar surface area (TPSA) is 97.2 Å². The van der Waals surface area contributed by atoms with Gasteiger partial charge in [0.2, 0.25) is 5.91 Å². The summed E-state index contributed by atoms with van der Waals surface area (Å²) in [6.45, 7) is -0.376. The summed E-state index contributed by atoms with van der Waals surface area (Å²) in [5.74, 6) is -0.507. The minimum atomic E-state index is -3.83. The normalized spacial score (nSPS) is 14.2. The van der Waals surface area contributed by atoms with Crippen LogP contribution in [0.5, 0.6) is 0 Å². The Morgan fingerprint density at radius 1 is 1.07 bits per heavy atom. The summed E-state index contributed by atoms with van der Waals surface area (Å²) in [6.07, 6.45) is 2.86. The standard InChI is InChI=1S/C20H14ClN5O3S/c21-14-7-8-16(25-12-22-11-23-25)15(9-14)24-19(27)10-26-17-5-1-3-13-4-2-6-18(20(13)17)30(26,28)29/h1-9,11-12H,10H2,(H,24,27). The molecule has 3 aromatic carbocycles. The number of hydrogen-bond acceptors (Lipinski definition) is 5. The highest BCUT2D eigenvalue weighted by Crippen LogP contribution is 2.41. The average Bonchev–Trinajstić information content (AvgIpc) is 3.32. The Labute approximate surface area is 176 Å². The monoisotopic (exact) mass is 439 g/mol. The number of aromatic nitrogens is 3. The molecule has 30 heavy (non-hydrogen) atoms. The fraction of sp³-hybridized carbons (Fsp3) is 0.0500. The lowest BCUT2D eigenvalue weighted by Gasteiger charge is -2.19. The third-order valence-corrected chi connectivity index (χ3v) is 6.90. The number of amides is 1. The van der Waals surface area contributed by atoms with Crippen LogP contribution in [0.2, 0.25) is 5.02 Å². The van der Waals surface area contributed by atoms with E-state index in [2.05, 4.69) is 15.4 Å². The van der Waals surface area contributed by atoms with E-state index in [9.17, 15) is 13.2 Å². The molecule has 1 N–H and O–H groups in total. The number of sulfonamides is 1. The molecule has 8 nitrogen and oxygen atoms in total. The van der Waals surface area contributed by atoms with Crippen LogP contribution in [0.4, 0.5) is 11.4 Å². The number of nitrogens with one attached hydrogen (secondary N) is 1. The molecule has 5 rings (SSSR count). The molecule has 0 radical (unpaired) electrons. The quantitative estimate of drug-likeness (QED) is 0.526. The first-order valence-electron chi connectivity index (χ1n) is 8.94. The number of carbonyl (C=O) groups excluding carboxylic acids is 1. The Kier molecular flexibility index (Phi) is 4.23. The zero-order valence-electron chi connectivity index (χ0n) is 15.4. The Balaban J connectivity index is 1.48. The maximum atomic E-state index is 13.1. The van der Waals surface area contributed by atoms with Gasteiger partial charge in [-0.25, -0.2) is 18.1 Å². The molecular weight excluding hydrogens is 426 g/mol. The van der Waals surface area contributed by atoms with Gasteiger partial charge in [-0.15, -0.1) is 0 Å². The molecule has 1 aromatic heterocycles. The molecule has 0 unspecified atom stereocenters. The van der Waals surface area contributed by atoms with Crippen LogP contribution >= 0.6 is 11.6 Å². The van der Waals surface area contributed by atoms with Crippen molar-refractivity contribution >= 4 is 49.7 Å². The number of benzene rings is 3. The van der Waals surface area contributed by atoms with Crippen molar-refractivity contribution in [3.05, 3.63) is 72.3 Å². The van der Waals surface area contributed by atoms with Crippen LogP contribution in [0.1, 0.15) is 0 Å². The first kappa shape index (κ1) is 18.6. The predicted molar refractivity (Wildman–Crippen MR) is 113 cm³/mol. The summed E-state index contributed by atoms with van der Waals surface area (Å²) in [5, 5.41) is 8.66. The van der Waals surface area contributed by atoms with E-state index >= 15 is 0 Å². The Morgan fingerprint density at radius 2 is 1.87 bits per heavy atom. The lowest BCUT2D eigenvalue weighted by atomic mass is 10.1. The van der Waals surface area contributed by atoms with Crippen LogP contribution in [-0.4, -0.2) is 35.6 Å². The molecule has 4 aromatic rings. The van der Waals surface area contributed by atoms with Gasteiger partial charge in [0.1, 0.15) is 19.2 Å². The van der Waals surface area contributed by atoms with E-state index in [0.717, 1.165) is 9.69 Å². The van der Waals surface area contributed by atoms with Gasteiger partial charge < -0.3 is 5.32 Å². The van der Waals surface area contributed by atoms with Gasteiger partial charge >= 0.3 is 0 Å². The van der Waals surface area contributed by atoms with E-state index in [4.69, 9.17) is 11.6 Å². The fourth-order valence-electron chi connectivity index (χ4n) is 3.59. The van der Waals surface area contributed by atoms with Crippen LogP contribution in [0, 0.1) is 0 Å². The van der Waals surface area contributed by atoms with E-state index in [1.807, 2.05) is 12.1 Å². The molecule has 0 saturated heterocycles. The summed E-state index contributed by atoms with van der Waals surface area (Å²) in [6, 6.07) is 15.3. The molecule has 2 heterocycles. The van der Waals surface area contributed by atoms with Gasteiger partial charge in [-0.1, -0.05) is 35.9 Å². The van der Waals surface area contributed by atoms with E-state index in [1.165, 1.54) is 17.3 Å². The number of carbonyl (C=O) groups is 1. The molecule has 0 spiro atoms. The Hall–Kier alpha value is -3.43. The summed E-state index contributed by atoms with van der Waals surface area (Å²) < 4.78 is 28.7. The number of hydrogen-bond donors (Lipinski definition) is 1. The summed E-state index contributed by atoms with van der Waals surface area (Å²) in [4.78, 5) is 17.0. The van der Waals surface area contributed by atoms with Gasteiger partial charge in [0, 0.05) is 10.4 Å². The van der Waals surface area contributed by atoms with Gasteiger partial charge in [-0.05, 0) is 35.7 Å². The molecule has 1 aliphatic rings. The second kappa shape index (κ2) is 6.82. The summed E-state index contributed by atoms with van der Waals surface area (Å²) >= 11 is 6.09. The smallest absolute Gasteiger partial charge is 0.265 e. The van der Waals surface area contributed by atoms with Gasteiger partial charge in [0.05, 0.1) is 22.0 Å². The summed E-state index contributed by atoms with van der Waals surface area (Å²) in [5.41, 5.74) is 1.44. The fourth-order valence-corrected chi connectivity index (χ4v) is 5.43. The highest BCUT2D eigenvalue weighted by atomic mass is 35.5. The Bertz CT molecular complexity index is 1400. The van der Waals surface area contributed by atoms with Crippen LogP contribution < -0.4 is 9.62 Å². The SMILES string of the molecule is O=C(CN1c2cccc3cccc(c23)S1(=O)=O)Nc1cc(Cl)ccc1-n1cncn1.